The van der Waals surface area contributed by atoms with Crippen molar-refractivity contribution < 1.29 is 0 Å². The minimum atomic E-state index is 0.756. The van der Waals surface area contributed by atoms with Crippen molar-refractivity contribution in [1.29, 1.82) is 0 Å². The Labute approximate surface area is 133 Å². The molecule has 0 bridgehead atoms. The van der Waals surface area contributed by atoms with Gasteiger partial charge in [0.2, 0.25) is 0 Å². The summed E-state index contributed by atoms with van der Waals surface area (Å²) in [5.41, 5.74) is 0. The zero-order valence-electron chi connectivity index (χ0n) is 14.9. The van der Waals surface area contributed by atoms with Crippen LogP contribution in [-0.4, -0.2) is 36.6 Å². The first-order chi connectivity index (χ1) is 10.2. The van der Waals surface area contributed by atoms with Gasteiger partial charge in [-0.3, -0.25) is 0 Å². The largest absolute Gasteiger partial charge is 0.314 e. The van der Waals surface area contributed by atoms with Crippen LogP contribution in [0.3, 0.4) is 0 Å². The topological polar surface area (TPSA) is 15.3 Å². The van der Waals surface area contributed by atoms with E-state index in [4.69, 9.17) is 0 Å². The van der Waals surface area contributed by atoms with Crippen molar-refractivity contribution in [3.63, 3.8) is 0 Å². The van der Waals surface area contributed by atoms with Crippen LogP contribution in [0.25, 0.3) is 0 Å². The van der Waals surface area contributed by atoms with Crippen LogP contribution in [0.5, 0.6) is 0 Å². The second kappa shape index (κ2) is 8.53. The van der Waals surface area contributed by atoms with Crippen molar-refractivity contribution in [2.24, 2.45) is 17.8 Å². The lowest BCUT2D eigenvalue weighted by Crippen LogP contribution is -2.49. The van der Waals surface area contributed by atoms with E-state index in [1.165, 1.54) is 64.6 Å². The number of hydrogen-bond donors (Lipinski definition) is 1. The first-order valence-corrected chi connectivity index (χ1v) is 9.63. The lowest BCUT2D eigenvalue weighted by Gasteiger charge is -2.42. The van der Waals surface area contributed by atoms with E-state index in [2.05, 4.69) is 37.9 Å². The Hall–Kier alpha value is -0.0800. The molecule has 1 N–H and O–H groups in total. The van der Waals surface area contributed by atoms with Crippen LogP contribution in [0.2, 0.25) is 0 Å². The summed E-state index contributed by atoms with van der Waals surface area (Å²) in [6.07, 6.45) is 9.69. The summed E-state index contributed by atoms with van der Waals surface area (Å²) < 4.78 is 0. The molecule has 2 heteroatoms. The maximum absolute atomic E-state index is 3.88. The van der Waals surface area contributed by atoms with Gasteiger partial charge in [0.05, 0.1) is 0 Å². The molecule has 0 radical (unpaired) electrons. The Morgan fingerprint density at radius 3 is 2.43 bits per heavy atom. The number of rotatable bonds is 9. The van der Waals surface area contributed by atoms with E-state index in [0.717, 1.165) is 29.8 Å². The van der Waals surface area contributed by atoms with Crippen LogP contribution < -0.4 is 5.32 Å². The standard InChI is InChI=1S/C19H38N2/c1-5-7-11-21(17-8-9-17)14-18-16(4)12-15(3)13-19(18)20-10-6-2/h15-20H,5-14H2,1-4H3. The molecule has 21 heavy (non-hydrogen) atoms. The number of nitrogens with one attached hydrogen (secondary N) is 1. The minimum absolute atomic E-state index is 0.756. The highest BCUT2D eigenvalue weighted by Gasteiger charge is 2.37. The Bertz CT molecular complexity index is 287. The molecular weight excluding hydrogens is 256 g/mol. The maximum atomic E-state index is 3.88. The minimum Gasteiger partial charge on any atom is -0.314 e. The molecule has 2 saturated carbocycles. The van der Waals surface area contributed by atoms with Gasteiger partial charge < -0.3 is 10.2 Å². The Morgan fingerprint density at radius 1 is 1.05 bits per heavy atom. The second-order valence-electron chi connectivity index (χ2n) is 7.86. The summed E-state index contributed by atoms with van der Waals surface area (Å²) in [6.45, 7) is 13.4. The van der Waals surface area contributed by atoms with Crippen molar-refractivity contribution in [1.82, 2.24) is 10.2 Å². The van der Waals surface area contributed by atoms with Gasteiger partial charge in [0.25, 0.3) is 0 Å². The van der Waals surface area contributed by atoms with Gasteiger partial charge in [0.15, 0.2) is 0 Å². The molecule has 4 unspecified atom stereocenters. The molecule has 0 aliphatic heterocycles. The summed E-state index contributed by atoms with van der Waals surface area (Å²) in [5, 5.41) is 3.88. The summed E-state index contributed by atoms with van der Waals surface area (Å²) in [4.78, 5) is 2.83. The highest BCUT2D eigenvalue weighted by Crippen LogP contribution is 2.36. The molecule has 0 heterocycles. The molecule has 0 aromatic carbocycles. The molecule has 2 nitrogen and oxygen atoms in total. The van der Waals surface area contributed by atoms with Gasteiger partial charge in [0, 0.05) is 18.6 Å². The Kier molecular flexibility index (Phi) is 7.01. The van der Waals surface area contributed by atoms with Crippen LogP contribution in [0, 0.1) is 17.8 Å². The maximum Gasteiger partial charge on any atom is 0.0113 e. The highest BCUT2D eigenvalue weighted by molar-refractivity contribution is 4.92. The molecule has 4 atom stereocenters. The quantitative estimate of drug-likeness (QED) is 0.682. The van der Waals surface area contributed by atoms with E-state index >= 15 is 0 Å². The van der Waals surface area contributed by atoms with E-state index in [1.807, 2.05) is 0 Å². The fourth-order valence-electron chi connectivity index (χ4n) is 4.28. The lowest BCUT2D eigenvalue weighted by atomic mass is 9.72. The second-order valence-corrected chi connectivity index (χ2v) is 7.86. The summed E-state index contributed by atoms with van der Waals surface area (Å²) >= 11 is 0. The van der Waals surface area contributed by atoms with E-state index in [-0.39, 0.29) is 0 Å². The van der Waals surface area contributed by atoms with E-state index in [1.54, 1.807) is 0 Å². The van der Waals surface area contributed by atoms with Gasteiger partial charge in [-0.15, -0.1) is 0 Å². The smallest absolute Gasteiger partial charge is 0.0113 e. The zero-order chi connectivity index (χ0) is 15.2. The van der Waals surface area contributed by atoms with Gasteiger partial charge in [-0.2, -0.15) is 0 Å². The highest BCUT2D eigenvalue weighted by atomic mass is 15.2. The average Bonchev–Trinajstić information content (AvgIpc) is 3.27. The fourth-order valence-corrected chi connectivity index (χ4v) is 4.28. The molecule has 2 aliphatic rings. The lowest BCUT2D eigenvalue weighted by molar-refractivity contribution is 0.0965. The van der Waals surface area contributed by atoms with Crippen LogP contribution >= 0.6 is 0 Å². The molecular formula is C19H38N2. The first kappa shape index (κ1) is 17.3. The molecule has 2 aliphatic carbocycles. The normalized spacial score (nSPS) is 33.6. The first-order valence-electron chi connectivity index (χ1n) is 9.63. The van der Waals surface area contributed by atoms with Crippen molar-refractivity contribution in [2.75, 3.05) is 19.6 Å². The third-order valence-electron chi connectivity index (χ3n) is 5.64. The third kappa shape index (κ3) is 5.25. The molecule has 2 fully saturated rings. The van der Waals surface area contributed by atoms with Crippen LogP contribution in [-0.2, 0) is 0 Å². The zero-order valence-corrected chi connectivity index (χ0v) is 14.9. The average molecular weight is 295 g/mol. The monoisotopic (exact) mass is 294 g/mol. The molecule has 0 saturated heterocycles. The predicted molar refractivity (Wildman–Crippen MR) is 92.6 cm³/mol. The number of hydrogen-bond acceptors (Lipinski definition) is 2. The number of nitrogens with zero attached hydrogens (tertiary/aromatic N) is 1. The summed E-state index contributed by atoms with van der Waals surface area (Å²) in [6, 6.07) is 1.68. The van der Waals surface area contributed by atoms with E-state index < -0.39 is 0 Å². The van der Waals surface area contributed by atoms with Gasteiger partial charge >= 0.3 is 0 Å². The van der Waals surface area contributed by atoms with Crippen molar-refractivity contribution in [3.8, 4) is 0 Å². The molecule has 2 rings (SSSR count). The van der Waals surface area contributed by atoms with Crippen molar-refractivity contribution in [2.45, 2.75) is 84.7 Å². The van der Waals surface area contributed by atoms with Crippen molar-refractivity contribution in [3.05, 3.63) is 0 Å². The SMILES string of the molecule is CCCCN(CC1C(C)CC(C)CC1NCCC)C1CC1. The molecule has 0 aromatic heterocycles. The van der Waals surface area contributed by atoms with Crippen molar-refractivity contribution >= 4 is 0 Å². The van der Waals surface area contributed by atoms with E-state index in [0.29, 0.717) is 0 Å². The predicted octanol–water partition coefficient (Wildman–Crippen LogP) is 4.30. The van der Waals surface area contributed by atoms with Gasteiger partial charge in [-0.1, -0.05) is 34.1 Å². The van der Waals surface area contributed by atoms with Gasteiger partial charge in [0.1, 0.15) is 0 Å². The Balaban J connectivity index is 1.94. The molecule has 0 amide bonds. The van der Waals surface area contributed by atoms with E-state index in [9.17, 15) is 0 Å². The molecule has 0 aromatic rings. The summed E-state index contributed by atoms with van der Waals surface area (Å²) in [7, 11) is 0. The van der Waals surface area contributed by atoms with Crippen LogP contribution in [0.15, 0.2) is 0 Å². The summed E-state index contributed by atoms with van der Waals surface area (Å²) in [5.74, 6) is 2.65. The molecule has 124 valence electrons. The van der Waals surface area contributed by atoms with Gasteiger partial charge in [-0.05, 0) is 69.4 Å². The fraction of sp³-hybridized carbons (Fsp3) is 1.00. The molecule has 0 spiro atoms. The third-order valence-corrected chi connectivity index (χ3v) is 5.64. The van der Waals surface area contributed by atoms with Crippen LogP contribution in [0.1, 0.15) is 72.6 Å². The number of unbranched alkanes of at least 4 members (excludes halogenated alkanes) is 1. The Morgan fingerprint density at radius 2 is 1.81 bits per heavy atom. The van der Waals surface area contributed by atoms with Gasteiger partial charge in [-0.25, -0.2) is 0 Å². The van der Waals surface area contributed by atoms with Crippen LogP contribution in [0.4, 0.5) is 0 Å².